The summed E-state index contributed by atoms with van der Waals surface area (Å²) < 4.78 is 0. The first-order valence-electron chi connectivity index (χ1n) is 13.5. The third-order valence-corrected chi connectivity index (χ3v) is 7.98. The summed E-state index contributed by atoms with van der Waals surface area (Å²) in [7, 11) is 0. The van der Waals surface area contributed by atoms with Crippen molar-refractivity contribution >= 4 is 60.2 Å². The van der Waals surface area contributed by atoms with Crippen LogP contribution in [0.4, 0.5) is 17.1 Å². The zero-order valence-corrected chi connectivity index (χ0v) is 21.4. The minimum Gasteiger partial charge on any atom is -0.311 e. The minimum absolute atomic E-state index is 1.14. The van der Waals surface area contributed by atoms with Crippen molar-refractivity contribution in [3.8, 4) is 11.1 Å². The summed E-state index contributed by atoms with van der Waals surface area (Å²) in [4.78, 5) is 2.31. The van der Waals surface area contributed by atoms with Crippen LogP contribution in [0.25, 0.3) is 54.2 Å². The van der Waals surface area contributed by atoms with Crippen LogP contribution in [-0.4, -0.2) is 0 Å². The molecule has 0 amide bonds. The van der Waals surface area contributed by atoms with Gasteiger partial charge in [-0.15, -0.1) is 0 Å². The summed E-state index contributed by atoms with van der Waals surface area (Å²) in [5.41, 5.74) is 5.92. The standard InChI is InChI=1S/C38H25N/c1-3-13-29(14-4-1)39(30-15-5-2-6-16-30)31-23-20-26(21-24-31)32-25-22-28-12-8-18-34-33-17-7-10-27-11-9-19-35(36(27)33)38(32)37(28)34/h1-25H. The number of hydrogen-bond donors (Lipinski definition) is 0. The lowest BCUT2D eigenvalue weighted by molar-refractivity contribution is 1.28. The van der Waals surface area contributed by atoms with Crippen LogP contribution >= 0.6 is 0 Å². The molecule has 0 saturated carbocycles. The van der Waals surface area contributed by atoms with Gasteiger partial charge in [0.2, 0.25) is 0 Å². The van der Waals surface area contributed by atoms with Gasteiger partial charge in [-0.1, -0.05) is 115 Å². The molecule has 0 heterocycles. The fraction of sp³-hybridized carbons (Fsp3) is 0. The van der Waals surface area contributed by atoms with Gasteiger partial charge in [0, 0.05) is 17.1 Å². The van der Waals surface area contributed by atoms with E-state index in [1.807, 2.05) is 0 Å². The molecule has 1 nitrogen and oxygen atoms in total. The van der Waals surface area contributed by atoms with Crippen LogP contribution in [0.5, 0.6) is 0 Å². The van der Waals surface area contributed by atoms with Crippen molar-refractivity contribution in [2.75, 3.05) is 4.90 Å². The van der Waals surface area contributed by atoms with E-state index >= 15 is 0 Å². The van der Waals surface area contributed by atoms with Gasteiger partial charge in [0.25, 0.3) is 0 Å². The van der Waals surface area contributed by atoms with Crippen LogP contribution in [0.1, 0.15) is 0 Å². The quantitative estimate of drug-likeness (QED) is 0.173. The second kappa shape index (κ2) is 8.72. The van der Waals surface area contributed by atoms with Crippen molar-refractivity contribution in [1.29, 1.82) is 0 Å². The first-order chi connectivity index (χ1) is 19.4. The molecular weight excluding hydrogens is 470 g/mol. The van der Waals surface area contributed by atoms with Gasteiger partial charge in [-0.05, 0) is 90.6 Å². The average molecular weight is 496 g/mol. The Bertz CT molecular complexity index is 2050. The molecule has 0 unspecified atom stereocenters. The Balaban J connectivity index is 1.36. The Morgan fingerprint density at radius 3 is 1.44 bits per heavy atom. The van der Waals surface area contributed by atoms with E-state index in [-0.39, 0.29) is 0 Å². The summed E-state index contributed by atoms with van der Waals surface area (Å²) in [6.45, 7) is 0. The lowest BCUT2D eigenvalue weighted by Gasteiger charge is -2.25. The zero-order chi connectivity index (χ0) is 25.8. The topological polar surface area (TPSA) is 3.24 Å². The van der Waals surface area contributed by atoms with Crippen LogP contribution in [-0.2, 0) is 0 Å². The zero-order valence-electron chi connectivity index (χ0n) is 21.4. The Kier molecular flexibility index (Phi) is 4.89. The van der Waals surface area contributed by atoms with E-state index < -0.39 is 0 Å². The van der Waals surface area contributed by atoms with E-state index in [0.717, 1.165) is 17.1 Å². The van der Waals surface area contributed by atoms with Gasteiger partial charge in [0.1, 0.15) is 0 Å². The summed E-state index contributed by atoms with van der Waals surface area (Å²) in [5.74, 6) is 0. The maximum Gasteiger partial charge on any atom is 0.0462 e. The lowest BCUT2D eigenvalue weighted by Crippen LogP contribution is -2.09. The smallest absolute Gasteiger partial charge is 0.0462 e. The van der Waals surface area contributed by atoms with Gasteiger partial charge in [-0.25, -0.2) is 0 Å². The third-order valence-electron chi connectivity index (χ3n) is 7.98. The second-order valence-electron chi connectivity index (χ2n) is 10.2. The maximum atomic E-state index is 2.31. The molecule has 39 heavy (non-hydrogen) atoms. The Labute approximate surface area is 227 Å². The molecule has 8 rings (SSSR count). The highest BCUT2D eigenvalue weighted by molar-refractivity contribution is 6.35. The monoisotopic (exact) mass is 495 g/mol. The van der Waals surface area contributed by atoms with Crippen molar-refractivity contribution in [3.05, 3.63) is 152 Å². The minimum atomic E-state index is 1.14. The fourth-order valence-corrected chi connectivity index (χ4v) is 6.29. The summed E-state index contributed by atoms with van der Waals surface area (Å²) >= 11 is 0. The first-order valence-corrected chi connectivity index (χ1v) is 13.5. The molecule has 0 aliphatic rings. The van der Waals surface area contributed by atoms with E-state index in [1.165, 1.54) is 54.2 Å². The fourth-order valence-electron chi connectivity index (χ4n) is 6.29. The van der Waals surface area contributed by atoms with Crippen LogP contribution < -0.4 is 4.90 Å². The summed E-state index contributed by atoms with van der Waals surface area (Å²) in [6, 6.07) is 54.9. The molecule has 0 saturated heterocycles. The molecular formula is C38H25N. The van der Waals surface area contributed by atoms with Gasteiger partial charge in [0.05, 0.1) is 0 Å². The maximum absolute atomic E-state index is 2.31. The van der Waals surface area contributed by atoms with E-state index in [1.54, 1.807) is 0 Å². The third kappa shape index (κ3) is 3.41. The molecule has 1 heteroatoms. The van der Waals surface area contributed by atoms with Crippen LogP contribution in [0.3, 0.4) is 0 Å². The number of nitrogens with zero attached hydrogens (tertiary/aromatic N) is 1. The highest BCUT2D eigenvalue weighted by Gasteiger charge is 2.17. The largest absolute Gasteiger partial charge is 0.311 e. The number of benzene rings is 8. The van der Waals surface area contributed by atoms with Gasteiger partial charge >= 0.3 is 0 Å². The Hall–Kier alpha value is -5.14. The Morgan fingerprint density at radius 1 is 0.308 bits per heavy atom. The van der Waals surface area contributed by atoms with Crippen LogP contribution in [0.15, 0.2) is 152 Å². The van der Waals surface area contributed by atoms with Gasteiger partial charge < -0.3 is 4.90 Å². The van der Waals surface area contributed by atoms with E-state index in [0.29, 0.717) is 0 Å². The normalized spacial score (nSPS) is 11.6. The number of hydrogen-bond acceptors (Lipinski definition) is 1. The van der Waals surface area contributed by atoms with Crippen molar-refractivity contribution in [2.24, 2.45) is 0 Å². The van der Waals surface area contributed by atoms with E-state index in [4.69, 9.17) is 0 Å². The molecule has 0 N–H and O–H groups in total. The molecule has 182 valence electrons. The van der Waals surface area contributed by atoms with Crippen molar-refractivity contribution in [3.63, 3.8) is 0 Å². The predicted molar refractivity (Wildman–Crippen MR) is 168 cm³/mol. The number of para-hydroxylation sites is 2. The summed E-state index contributed by atoms with van der Waals surface area (Å²) in [6.07, 6.45) is 0. The molecule has 0 radical (unpaired) electrons. The lowest BCUT2D eigenvalue weighted by atomic mass is 9.86. The van der Waals surface area contributed by atoms with Crippen LogP contribution in [0, 0.1) is 0 Å². The van der Waals surface area contributed by atoms with Crippen molar-refractivity contribution in [2.45, 2.75) is 0 Å². The summed E-state index contributed by atoms with van der Waals surface area (Å²) in [5, 5.41) is 10.6. The second-order valence-corrected chi connectivity index (χ2v) is 10.2. The van der Waals surface area contributed by atoms with Gasteiger partial charge in [-0.3, -0.25) is 0 Å². The Morgan fingerprint density at radius 2 is 0.821 bits per heavy atom. The molecule has 0 atom stereocenters. The predicted octanol–water partition coefficient (Wildman–Crippen LogP) is 10.9. The van der Waals surface area contributed by atoms with Gasteiger partial charge in [0.15, 0.2) is 0 Å². The molecule has 0 aromatic heterocycles. The molecule has 8 aromatic rings. The number of fused-ring (bicyclic) bond motifs is 2. The molecule has 0 aliphatic carbocycles. The van der Waals surface area contributed by atoms with Crippen LogP contribution in [0.2, 0.25) is 0 Å². The molecule has 0 spiro atoms. The molecule has 0 aliphatic heterocycles. The average Bonchev–Trinajstić information content (AvgIpc) is 3.01. The van der Waals surface area contributed by atoms with Crippen molar-refractivity contribution < 1.29 is 0 Å². The first kappa shape index (κ1) is 21.9. The number of anilines is 3. The van der Waals surface area contributed by atoms with E-state index in [9.17, 15) is 0 Å². The highest BCUT2D eigenvalue weighted by atomic mass is 15.1. The SMILES string of the molecule is c1ccc(N(c2ccccc2)c2ccc(-c3ccc4cccc5c6cccc7cccc(c3c45)c76)cc2)cc1. The highest BCUT2D eigenvalue weighted by Crippen LogP contribution is 2.44. The molecule has 0 fully saturated rings. The van der Waals surface area contributed by atoms with Crippen molar-refractivity contribution in [1.82, 2.24) is 0 Å². The van der Waals surface area contributed by atoms with Gasteiger partial charge in [-0.2, -0.15) is 0 Å². The number of rotatable bonds is 4. The van der Waals surface area contributed by atoms with E-state index in [2.05, 4.69) is 157 Å². The molecule has 0 bridgehead atoms. The molecule has 8 aromatic carbocycles.